The number of anilines is 1. The lowest BCUT2D eigenvalue weighted by atomic mass is 10.1. The number of rotatable bonds is 6. The van der Waals surface area contributed by atoms with E-state index in [0.717, 1.165) is 5.56 Å². The molecule has 0 bridgehead atoms. The maximum atomic E-state index is 12.9. The molecule has 0 saturated carbocycles. The topological polar surface area (TPSA) is 75.7 Å². The molecule has 1 unspecified atom stereocenters. The van der Waals surface area contributed by atoms with Gasteiger partial charge in [-0.05, 0) is 37.1 Å². The summed E-state index contributed by atoms with van der Waals surface area (Å²) in [6.07, 6.45) is 0.970. The first-order valence-electron chi connectivity index (χ1n) is 9.00. The highest BCUT2D eigenvalue weighted by atomic mass is 32.2. The van der Waals surface area contributed by atoms with Gasteiger partial charge in [-0.1, -0.05) is 36.4 Å². The quantitative estimate of drug-likeness (QED) is 0.826. The number of sulfonamides is 1. The van der Waals surface area contributed by atoms with Crippen LogP contribution in [0, 0.1) is 0 Å². The molecular formula is C20H24N2O4S. The Hall–Kier alpha value is -2.22. The molecule has 0 aliphatic carbocycles. The van der Waals surface area contributed by atoms with Crippen molar-refractivity contribution < 1.29 is 17.9 Å². The van der Waals surface area contributed by atoms with E-state index >= 15 is 0 Å². The summed E-state index contributed by atoms with van der Waals surface area (Å²) >= 11 is 0. The summed E-state index contributed by atoms with van der Waals surface area (Å²) in [6.45, 7) is 2.93. The summed E-state index contributed by atoms with van der Waals surface area (Å²) in [4.78, 5) is 12.4. The molecule has 7 heteroatoms. The fourth-order valence-corrected chi connectivity index (χ4v) is 4.71. The Morgan fingerprint density at radius 1 is 1.19 bits per heavy atom. The van der Waals surface area contributed by atoms with Gasteiger partial charge in [0.1, 0.15) is 0 Å². The first kappa shape index (κ1) is 19.5. The molecule has 2 aromatic rings. The van der Waals surface area contributed by atoms with Crippen molar-refractivity contribution in [3.8, 4) is 0 Å². The molecule has 0 radical (unpaired) electrons. The van der Waals surface area contributed by atoms with E-state index in [1.165, 1.54) is 10.4 Å². The number of amides is 1. The van der Waals surface area contributed by atoms with Gasteiger partial charge in [-0.15, -0.1) is 0 Å². The van der Waals surface area contributed by atoms with Crippen molar-refractivity contribution in [3.05, 3.63) is 60.2 Å². The van der Waals surface area contributed by atoms with Crippen LogP contribution in [0.2, 0.25) is 0 Å². The predicted octanol–water partition coefficient (Wildman–Crippen LogP) is 2.67. The van der Waals surface area contributed by atoms with E-state index in [2.05, 4.69) is 5.32 Å². The van der Waals surface area contributed by atoms with Crippen LogP contribution in [0.1, 0.15) is 18.9 Å². The minimum absolute atomic E-state index is 0.145. The van der Waals surface area contributed by atoms with Crippen molar-refractivity contribution in [1.29, 1.82) is 0 Å². The minimum atomic E-state index is -3.62. The van der Waals surface area contributed by atoms with Gasteiger partial charge in [-0.3, -0.25) is 4.79 Å². The Bertz CT molecular complexity index is 884. The first-order chi connectivity index (χ1) is 13.0. The lowest BCUT2D eigenvalue weighted by Crippen LogP contribution is -2.46. The van der Waals surface area contributed by atoms with Gasteiger partial charge in [-0.2, -0.15) is 4.31 Å². The molecule has 3 rings (SSSR count). The zero-order valence-electron chi connectivity index (χ0n) is 15.3. The lowest BCUT2D eigenvalue weighted by Gasteiger charge is -2.32. The van der Waals surface area contributed by atoms with Crippen LogP contribution in [-0.2, 0) is 26.0 Å². The van der Waals surface area contributed by atoms with Gasteiger partial charge in [-0.25, -0.2) is 8.42 Å². The summed E-state index contributed by atoms with van der Waals surface area (Å²) in [6, 6.07) is 16.0. The second kappa shape index (κ2) is 8.65. The number of hydrogen-bond acceptors (Lipinski definition) is 4. The smallest absolute Gasteiger partial charge is 0.243 e. The number of nitrogens with zero attached hydrogens (tertiary/aromatic N) is 1. The van der Waals surface area contributed by atoms with Crippen LogP contribution in [0.3, 0.4) is 0 Å². The van der Waals surface area contributed by atoms with E-state index < -0.39 is 10.0 Å². The Labute approximate surface area is 160 Å². The molecule has 1 fully saturated rings. The second-order valence-electron chi connectivity index (χ2n) is 6.60. The standard InChI is InChI=1S/C20H24N2O4S/c1-16-15-26-13-12-22(16)27(24,25)19-9-5-8-18(14-19)21-20(23)11-10-17-6-3-2-4-7-17/h2-9,14,16H,10-13,15H2,1H3,(H,21,23). The fraction of sp³-hybridized carbons (Fsp3) is 0.350. The van der Waals surface area contributed by atoms with E-state index in [9.17, 15) is 13.2 Å². The van der Waals surface area contributed by atoms with Gasteiger partial charge >= 0.3 is 0 Å². The van der Waals surface area contributed by atoms with Gasteiger partial charge in [0.15, 0.2) is 0 Å². The third-order valence-corrected chi connectivity index (χ3v) is 6.52. The molecule has 0 aromatic heterocycles. The van der Waals surface area contributed by atoms with E-state index in [4.69, 9.17) is 4.74 Å². The maximum absolute atomic E-state index is 12.9. The van der Waals surface area contributed by atoms with Crippen molar-refractivity contribution in [2.75, 3.05) is 25.1 Å². The largest absolute Gasteiger partial charge is 0.378 e. The SMILES string of the molecule is CC1COCCN1S(=O)(=O)c1cccc(NC(=O)CCc2ccccc2)c1. The zero-order chi connectivity index (χ0) is 19.3. The Morgan fingerprint density at radius 3 is 2.70 bits per heavy atom. The fourth-order valence-electron chi connectivity index (χ4n) is 3.06. The molecule has 2 aromatic carbocycles. The molecule has 6 nitrogen and oxygen atoms in total. The van der Waals surface area contributed by atoms with E-state index in [1.807, 2.05) is 37.3 Å². The number of benzene rings is 2. The Balaban J connectivity index is 1.67. The normalized spacial score (nSPS) is 18.2. The molecule has 1 aliphatic rings. The van der Waals surface area contributed by atoms with Crippen LogP contribution in [0.25, 0.3) is 0 Å². The number of nitrogens with one attached hydrogen (secondary N) is 1. The third-order valence-electron chi connectivity index (χ3n) is 4.51. The van der Waals surface area contributed by atoms with E-state index in [-0.39, 0.29) is 16.8 Å². The third kappa shape index (κ3) is 4.94. The summed E-state index contributed by atoms with van der Waals surface area (Å²) in [5, 5.41) is 2.79. The molecule has 144 valence electrons. The molecule has 0 spiro atoms. The van der Waals surface area contributed by atoms with Crippen LogP contribution >= 0.6 is 0 Å². The number of carbonyl (C=O) groups is 1. The average molecular weight is 388 g/mol. The molecule has 1 N–H and O–H groups in total. The number of morpholine rings is 1. The minimum Gasteiger partial charge on any atom is -0.378 e. The number of aryl methyl sites for hydroxylation is 1. The average Bonchev–Trinajstić information content (AvgIpc) is 2.67. The molecule has 1 amide bonds. The van der Waals surface area contributed by atoms with Crippen molar-refractivity contribution in [2.24, 2.45) is 0 Å². The van der Waals surface area contributed by atoms with Crippen LogP contribution in [-0.4, -0.2) is 44.4 Å². The van der Waals surface area contributed by atoms with Crippen molar-refractivity contribution in [1.82, 2.24) is 4.31 Å². The molecule has 1 aliphatic heterocycles. The molecular weight excluding hydrogens is 364 g/mol. The van der Waals surface area contributed by atoms with Crippen molar-refractivity contribution >= 4 is 21.6 Å². The molecule has 1 atom stereocenters. The van der Waals surface area contributed by atoms with Gasteiger partial charge in [0, 0.05) is 24.7 Å². The number of hydrogen-bond donors (Lipinski definition) is 1. The van der Waals surface area contributed by atoms with Gasteiger partial charge in [0.25, 0.3) is 0 Å². The van der Waals surface area contributed by atoms with Crippen molar-refractivity contribution in [3.63, 3.8) is 0 Å². The predicted molar refractivity (Wildman–Crippen MR) is 104 cm³/mol. The monoisotopic (exact) mass is 388 g/mol. The maximum Gasteiger partial charge on any atom is 0.243 e. The van der Waals surface area contributed by atoms with Gasteiger partial charge < -0.3 is 10.1 Å². The first-order valence-corrected chi connectivity index (χ1v) is 10.4. The number of ether oxygens (including phenoxy) is 1. The summed E-state index contributed by atoms with van der Waals surface area (Å²) in [7, 11) is -3.62. The highest BCUT2D eigenvalue weighted by Crippen LogP contribution is 2.23. The van der Waals surface area contributed by atoms with Crippen LogP contribution in [0.4, 0.5) is 5.69 Å². The summed E-state index contributed by atoms with van der Waals surface area (Å²) in [5.41, 5.74) is 1.57. The van der Waals surface area contributed by atoms with E-state index in [0.29, 0.717) is 38.3 Å². The molecule has 1 heterocycles. The van der Waals surface area contributed by atoms with Crippen LogP contribution < -0.4 is 5.32 Å². The second-order valence-corrected chi connectivity index (χ2v) is 8.49. The summed E-state index contributed by atoms with van der Waals surface area (Å²) < 4.78 is 32.6. The van der Waals surface area contributed by atoms with Crippen LogP contribution in [0.15, 0.2) is 59.5 Å². The Morgan fingerprint density at radius 2 is 1.96 bits per heavy atom. The molecule has 1 saturated heterocycles. The highest BCUT2D eigenvalue weighted by Gasteiger charge is 2.31. The summed E-state index contributed by atoms with van der Waals surface area (Å²) in [5.74, 6) is -0.145. The highest BCUT2D eigenvalue weighted by molar-refractivity contribution is 7.89. The van der Waals surface area contributed by atoms with Crippen molar-refractivity contribution in [2.45, 2.75) is 30.7 Å². The van der Waals surface area contributed by atoms with Gasteiger partial charge in [0.05, 0.1) is 18.1 Å². The van der Waals surface area contributed by atoms with Gasteiger partial charge in [0.2, 0.25) is 15.9 Å². The number of carbonyl (C=O) groups excluding carboxylic acids is 1. The molecule has 27 heavy (non-hydrogen) atoms. The van der Waals surface area contributed by atoms with E-state index in [1.54, 1.807) is 18.2 Å². The zero-order valence-corrected chi connectivity index (χ0v) is 16.1. The lowest BCUT2D eigenvalue weighted by molar-refractivity contribution is -0.116. The van der Waals surface area contributed by atoms with Crippen LogP contribution in [0.5, 0.6) is 0 Å². The Kier molecular flexibility index (Phi) is 6.26.